The summed E-state index contributed by atoms with van der Waals surface area (Å²) >= 11 is 0. The van der Waals surface area contributed by atoms with Gasteiger partial charge in [-0.15, -0.1) is 0 Å². The van der Waals surface area contributed by atoms with Crippen LogP contribution < -0.4 is 23.5 Å². The van der Waals surface area contributed by atoms with Gasteiger partial charge in [-0.25, -0.2) is 0 Å². The molecule has 2 aromatic rings. The van der Waals surface area contributed by atoms with E-state index < -0.39 is 20.0 Å². The van der Waals surface area contributed by atoms with Crippen molar-refractivity contribution in [3.05, 3.63) is 65.7 Å². The summed E-state index contributed by atoms with van der Waals surface area (Å²) in [6.45, 7) is 5.42. The normalized spacial score (nSPS) is 16.0. The number of unbranched alkanes of at least 4 members (excludes halogenated alkanes) is 4. The van der Waals surface area contributed by atoms with Crippen molar-refractivity contribution in [1.29, 1.82) is 0 Å². The summed E-state index contributed by atoms with van der Waals surface area (Å²) in [7, 11) is -4.72. The second-order valence-electron chi connectivity index (χ2n) is 7.77. The molecular formula is C25H31ClO6S2. The maximum atomic E-state index is 11.5. The summed E-state index contributed by atoms with van der Waals surface area (Å²) in [6, 6.07) is 15.1. The molecule has 3 rings (SSSR count). The lowest BCUT2D eigenvalue weighted by Gasteiger charge is -2.16. The highest BCUT2D eigenvalue weighted by Crippen LogP contribution is 2.52. The Bertz CT molecular complexity index is 989. The topological polar surface area (TPSA) is 96.9 Å². The van der Waals surface area contributed by atoms with Crippen molar-refractivity contribution in [2.75, 3.05) is 13.2 Å². The number of hydrogen-bond donors (Lipinski definition) is 0. The molecule has 0 aromatic heterocycles. The molecule has 1 unspecified atom stereocenters. The molecule has 0 N–H and O–H groups in total. The summed E-state index contributed by atoms with van der Waals surface area (Å²) in [5.74, 6) is 1.28. The van der Waals surface area contributed by atoms with Crippen molar-refractivity contribution in [2.45, 2.75) is 52.4 Å². The minimum Gasteiger partial charge on any atom is -0.493 e. The number of halogens is 1. The summed E-state index contributed by atoms with van der Waals surface area (Å²) in [5, 5.41) is 0. The van der Waals surface area contributed by atoms with Gasteiger partial charge in [0.2, 0.25) is 0 Å². The van der Waals surface area contributed by atoms with Crippen molar-refractivity contribution in [3.8, 4) is 11.5 Å². The SMILES string of the molecule is CCCCCOc1ccc(C2=S(O[Cl+3]([O-])([O-])[O-])SC(c3ccccc3)=C2)c(OCCCCC)c1. The average molecular weight is 527 g/mol. The molecule has 186 valence electrons. The molecule has 0 fully saturated rings. The highest BCUT2D eigenvalue weighted by atomic mass is 35.7. The standard InChI is InChI=1S/C25H31ClO6S2/c1-3-5-10-16-30-21-14-15-22(23(18-21)31-17-11-6-4-2)25-19-24(20-12-8-7-9-13-20)33-34(25)32-26(27,28)29/h7-9,12-15,18-19H,3-6,10-11,16-17H2,1-2H3. The number of hydrogen-bond acceptors (Lipinski definition) is 7. The number of benzene rings is 2. The lowest BCUT2D eigenvalue weighted by Crippen LogP contribution is -2.60. The molecule has 6 nitrogen and oxygen atoms in total. The molecule has 0 amide bonds. The van der Waals surface area contributed by atoms with E-state index >= 15 is 0 Å². The third-order valence-corrected chi connectivity index (χ3v) is 9.49. The minimum absolute atomic E-state index is 0.530. The van der Waals surface area contributed by atoms with Crippen LogP contribution in [0.15, 0.2) is 54.6 Å². The molecule has 1 aliphatic rings. The van der Waals surface area contributed by atoms with Gasteiger partial charge in [0.05, 0.1) is 28.3 Å². The lowest BCUT2D eigenvalue weighted by atomic mass is 10.1. The summed E-state index contributed by atoms with van der Waals surface area (Å²) in [6.07, 6.45) is 8.09. The molecule has 2 aromatic carbocycles. The van der Waals surface area contributed by atoms with E-state index in [1.807, 2.05) is 54.6 Å². The molecule has 0 radical (unpaired) electrons. The highest BCUT2D eigenvalue weighted by molar-refractivity contribution is 8.85. The Morgan fingerprint density at radius 2 is 1.53 bits per heavy atom. The van der Waals surface area contributed by atoms with Gasteiger partial charge in [0.25, 0.3) is 0 Å². The van der Waals surface area contributed by atoms with E-state index in [0.717, 1.165) is 49.0 Å². The second-order valence-corrected chi connectivity index (χ2v) is 12.0. The molecule has 0 bridgehead atoms. The first-order valence-electron chi connectivity index (χ1n) is 11.5. The van der Waals surface area contributed by atoms with Crippen molar-refractivity contribution in [2.24, 2.45) is 0 Å². The zero-order valence-corrected chi connectivity index (χ0v) is 21.9. The van der Waals surface area contributed by atoms with E-state index in [4.69, 9.17) is 13.2 Å². The molecular weight excluding hydrogens is 496 g/mol. The molecule has 1 heterocycles. The Kier molecular flexibility index (Phi) is 10.8. The summed E-state index contributed by atoms with van der Waals surface area (Å²) in [4.78, 5) is 1.42. The van der Waals surface area contributed by atoms with Gasteiger partial charge in [-0.1, -0.05) is 69.9 Å². The van der Waals surface area contributed by atoms with Gasteiger partial charge < -0.3 is 9.47 Å². The van der Waals surface area contributed by atoms with E-state index in [1.165, 1.54) is 10.8 Å². The minimum atomic E-state index is -4.59. The Morgan fingerprint density at radius 1 is 0.853 bits per heavy atom. The first kappa shape index (κ1) is 27.1. The second kappa shape index (κ2) is 13.5. The van der Waals surface area contributed by atoms with E-state index in [0.29, 0.717) is 35.1 Å². The quantitative estimate of drug-likeness (QED) is 0.207. The smallest absolute Gasteiger partial charge is 0.180 e. The van der Waals surface area contributed by atoms with Crippen molar-refractivity contribution in [1.82, 2.24) is 0 Å². The van der Waals surface area contributed by atoms with Crippen LogP contribution in [0, 0.1) is 10.2 Å². The number of rotatable bonds is 14. The predicted octanol–water partition coefficient (Wildman–Crippen LogP) is 4.15. The lowest BCUT2D eigenvalue weighted by molar-refractivity contribution is -1.91. The third kappa shape index (κ3) is 8.30. The molecule has 1 aliphatic heterocycles. The fraction of sp³-hybridized carbons (Fsp3) is 0.400. The van der Waals surface area contributed by atoms with Crippen LogP contribution in [0.3, 0.4) is 0 Å². The Balaban J connectivity index is 1.94. The fourth-order valence-corrected chi connectivity index (χ4v) is 7.95. The first-order chi connectivity index (χ1) is 16.4. The van der Waals surface area contributed by atoms with Gasteiger partial charge in [0.15, 0.2) is 9.80 Å². The zero-order chi connectivity index (χ0) is 24.4. The van der Waals surface area contributed by atoms with Gasteiger partial charge in [-0.2, -0.15) is 14.0 Å². The van der Waals surface area contributed by atoms with E-state index in [9.17, 15) is 14.0 Å². The van der Waals surface area contributed by atoms with Gasteiger partial charge in [-0.3, -0.25) is 0 Å². The predicted molar refractivity (Wildman–Crippen MR) is 131 cm³/mol. The van der Waals surface area contributed by atoms with Gasteiger partial charge >= 0.3 is 0 Å². The molecule has 0 saturated heterocycles. The number of ether oxygens (including phenoxy) is 2. The van der Waals surface area contributed by atoms with Crippen molar-refractivity contribution >= 4 is 30.4 Å². The van der Waals surface area contributed by atoms with Gasteiger partial charge in [0.1, 0.15) is 15.2 Å². The van der Waals surface area contributed by atoms with Crippen LogP contribution in [0.1, 0.15) is 63.5 Å². The average Bonchev–Trinajstić information content (AvgIpc) is 3.22. The highest BCUT2D eigenvalue weighted by Gasteiger charge is 2.32. The molecule has 34 heavy (non-hydrogen) atoms. The monoisotopic (exact) mass is 526 g/mol. The maximum absolute atomic E-state index is 11.5. The van der Waals surface area contributed by atoms with Crippen LogP contribution in [0.4, 0.5) is 0 Å². The van der Waals surface area contributed by atoms with E-state index in [1.54, 1.807) is 0 Å². The van der Waals surface area contributed by atoms with Crippen molar-refractivity contribution < 1.29 is 37.4 Å². The Labute approximate surface area is 210 Å². The molecule has 9 heteroatoms. The largest absolute Gasteiger partial charge is 0.493 e. The van der Waals surface area contributed by atoms with Crippen LogP contribution in [0.25, 0.3) is 4.91 Å². The van der Waals surface area contributed by atoms with Gasteiger partial charge in [0, 0.05) is 16.5 Å². The molecule has 1 atom stereocenters. The van der Waals surface area contributed by atoms with Crippen LogP contribution in [-0.2, 0) is 3.74 Å². The summed E-state index contributed by atoms with van der Waals surface area (Å²) in [5.41, 5.74) is 1.61. The van der Waals surface area contributed by atoms with Gasteiger partial charge in [-0.05, 0) is 47.4 Å². The number of allylic oxidation sites excluding steroid dienone is 1. The van der Waals surface area contributed by atoms with Crippen LogP contribution in [0.2, 0.25) is 0 Å². The third-order valence-electron chi connectivity index (χ3n) is 5.04. The van der Waals surface area contributed by atoms with E-state index in [-0.39, 0.29) is 0 Å². The fourth-order valence-electron chi connectivity index (χ4n) is 3.33. The summed E-state index contributed by atoms with van der Waals surface area (Å²) < 4.78 is 51.4. The van der Waals surface area contributed by atoms with Crippen LogP contribution in [-0.4, -0.2) is 18.1 Å². The first-order valence-corrected chi connectivity index (χ1v) is 15.2. The molecule has 0 spiro atoms. The van der Waals surface area contributed by atoms with Crippen LogP contribution >= 0.6 is 20.6 Å². The molecule has 0 aliphatic carbocycles. The zero-order valence-electron chi connectivity index (χ0n) is 19.5. The molecule has 0 saturated carbocycles. The Hall–Kier alpha value is -1.52. The van der Waals surface area contributed by atoms with Crippen LogP contribution in [0.5, 0.6) is 11.5 Å². The maximum Gasteiger partial charge on any atom is 0.180 e. The Morgan fingerprint density at radius 3 is 2.18 bits per heavy atom. The van der Waals surface area contributed by atoms with E-state index in [2.05, 4.69) is 13.8 Å². The van der Waals surface area contributed by atoms with Crippen molar-refractivity contribution in [3.63, 3.8) is 0 Å².